The predicted octanol–water partition coefficient (Wildman–Crippen LogP) is 7.34. The number of rotatable bonds is 8. The fourth-order valence-electron chi connectivity index (χ4n) is 4.93. The van der Waals surface area contributed by atoms with Gasteiger partial charge in [0, 0.05) is 25.0 Å². The molecular formula is C29H32Cl2F3N7OS. The number of thiazole rings is 1. The number of anilines is 3. The van der Waals surface area contributed by atoms with Crippen LogP contribution < -0.4 is 20.9 Å². The molecule has 0 saturated heterocycles. The summed E-state index contributed by atoms with van der Waals surface area (Å²) in [5.41, 5.74) is 4.01. The van der Waals surface area contributed by atoms with Crippen molar-refractivity contribution in [1.29, 1.82) is 0 Å². The van der Waals surface area contributed by atoms with E-state index in [-0.39, 0.29) is 11.0 Å². The highest BCUT2D eigenvalue weighted by Crippen LogP contribution is 2.39. The second kappa shape index (κ2) is 11.8. The van der Waals surface area contributed by atoms with Crippen LogP contribution in [-0.2, 0) is 26.7 Å². The Balaban J connectivity index is 1.49. The Morgan fingerprint density at radius 1 is 1.09 bits per heavy atom. The van der Waals surface area contributed by atoms with E-state index < -0.39 is 18.6 Å². The van der Waals surface area contributed by atoms with Gasteiger partial charge in [0.05, 0.1) is 61.8 Å². The van der Waals surface area contributed by atoms with Crippen molar-refractivity contribution < 1.29 is 18.0 Å². The van der Waals surface area contributed by atoms with Gasteiger partial charge in [-0.05, 0) is 36.1 Å². The van der Waals surface area contributed by atoms with Gasteiger partial charge in [-0.3, -0.25) is 4.79 Å². The average Bonchev–Trinajstić information content (AvgIpc) is 3.55. The van der Waals surface area contributed by atoms with Crippen molar-refractivity contribution in [3.8, 4) is 0 Å². The molecule has 0 saturated carbocycles. The fraction of sp³-hybridized carbons (Fsp3) is 0.414. The number of aryl methyl sites for hydroxylation is 2. The van der Waals surface area contributed by atoms with Crippen molar-refractivity contribution in [2.45, 2.75) is 53.5 Å². The maximum atomic E-state index is 13.1. The van der Waals surface area contributed by atoms with Crippen LogP contribution in [0.2, 0.25) is 10.0 Å². The summed E-state index contributed by atoms with van der Waals surface area (Å²) < 4.78 is 40.7. The van der Waals surface area contributed by atoms with Crippen LogP contribution in [0.4, 0.5) is 30.5 Å². The van der Waals surface area contributed by atoms with Crippen LogP contribution in [-0.4, -0.2) is 39.7 Å². The van der Waals surface area contributed by atoms with Gasteiger partial charge in [0.1, 0.15) is 6.54 Å². The first-order chi connectivity index (χ1) is 20.1. The monoisotopic (exact) mass is 653 g/mol. The van der Waals surface area contributed by atoms with E-state index in [1.807, 2.05) is 23.2 Å². The van der Waals surface area contributed by atoms with E-state index in [2.05, 4.69) is 41.4 Å². The smallest absolute Gasteiger partial charge is 0.360 e. The number of fused-ring (bicyclic) bond motifs is 2. The van der Waals surface area contributed by atoms with Crippen LogP contribution in [0.3, 0.4) is 0 Å². The van der Waals surface area contributed by atoms with Gasteiger partial charge >= 0.3 is 6.18 Å². The van der Waals surface area contributed by atoms with Crippen LogP contribution in [0.15, 0.2) is 24.3 Å². The topological polar surface area (TPSA) is 87.1 Å². The van der Waals surface area contributed by atoms with E-state index in [4.69, 9.17) is 23.2 Å². The van der Waals surface area contributed by atoms with E-state index in [0.29, 0.717) is 58.0 Å². The summed E-state index contributed by atoms with van der Waals surface area (Å²) in [5, 5.41) is 10.4. The molecule has 4 aromatic rings. The summed E-state index contributed by atoms with van der Waals surface area (Å²) in [5.74, 6) is -0.439. The molecular weight excluding hydrogens is 622 g/mol. The molecule has 1 amide bonds. The number of amides is 1. The molecule has 0 aliphatic carbocycles. The largest absolute Gasteiger partial charge is 0.405 e. The number of aromatic nitrogens is 3. The molecule has 8 nitrogen and oxygen atoms in total. The lowest BCUT2D eigenvalue weighted by atomic mass is 9.97. The molecule has 2 aromatic heterocycles. The first-order valence-electron chi connectivity index (χ1n) is 13.6. The highest BCUT2D eigenvalue weighted by atomic mass is 35.5. The summed E-state index contributed by atoms with van der Waals surface area (Å²) in [7, 11) is 1.80. The van der Waals surface area contributed by atoms with Gasteiger partial charge in [0.25, 0.3) is 5.91 Å². The molecule has 0 atom stereocenters. The minimum atomic E-state index is -4.55. The molecule has 14 heteroatoms. The highest BCUT2D eigenvalue weighted by molar-refractivity contribution is 7.11. The zero-order valence-electron chi connectivity index (χ0n) is 24.3. The molecule has 1 aliphatic rings. The molecule has 3 heterocycles. The Hall–Kier alpha value is -3.06. The molecule has 2 aromatic carbocycles. The quantitative estimate of drug-likeness (QED) is 0.185. The summed E-state index contributed by atoms with van der Waals surface area (Å²) in [6.07, 6.45) is -4.55. The van der Waals surface area contributed by atoms with Crippen molar-refractivity contribution in [3.63, 3.8) is 0 Å². The fourth-order valence-corrected chi connectivity index (χ4v) is 6.42. The minimum Gasteiger partial charge on any atom is -0.360 e. The second-order valence-electron chi connectivity index (χ2n) is 11.8. The Morgan fingerprint density at radius 2 is 1.84 bits per heavy atom. The SMILES string of the molecule is Cc1nc2c(s1)CN(c1cc3c(cc1C(=O)NCC(F)(F)F)nc(Nc1c(Cl)ccc(CNCC(C)(C)C)c1Cl)n3C)C2. The number of hydrogen-bond donors (Lipinski definition) is 3. The van der Waals surface area contributed by atoms with Gasteiger partial charge in [-0.2, -0.15) is 13.2 Å². The third-order valence-corrected chi connectivity index (χ3v) is 8.72. The van der Waals surface area contributed by atoms with Gasteiger partial charge in [0.15, 0.2) is 0 Å². The van der Waals surface area contributed by atoms with Crippen LogP contribution in [0.25, 0.3) is 11.0 Å². The molecule has 5 rings (SSSR count). The Bertz CT molecular complexity index is 1670. The third kappa shape index (κ3) is 7.03. The molecule has 0 spiro atoms. The average molecular weight is 655 g/mol. The van der Waals surface area contributed by atoms with Gasteiger partial charge < -0.3 is 25.4 Å². The van der Waals surface area contributed by atoms with Crippen molar-refractivity contribution >= 4 is 68.8 Å². The number of hydrogen-bond acceptors (Lipinski definition) is 7. The van der Waals surface area contributed by atoms with E-state index in [1.165, 1.54) is 6.07 Å². The number of nitrogens with one attached hydrogen (secondary N) is 3. The van der Waals surface area contributed by atoms with Crippen LogP contribution in [0.5, 0.6) is 0 Å². The van der Waals surface area contributed by atoms with Crippen molar-refractivity contribution in [2.24, 2.45) is 12.5 Å². The highest BCUT2D eigenvalue weighted by Gasteiger charge is 2.31. The lowest BCUT2D eigenvalue weighted by Gasteiger charge is -2.22. The maximum absolute atomic E-state index is 13.1. The first kappa shape index (κ1) is 31.4. The van der Waals surface area contributed by atoms with E-state index in [9.17, 15) is 18.0 Å². The normalized spacial score (nSPS) is 13.6. The van der Waals surface area contributed by atoms with Crippen LogP contribution in [0.1, 0.15) is 52.3 Å². The van der Waals surface area contributed by atoms with Gasteiger partial charge in [-0.25, -0.2) is 9.97 Å². The molecule has 0 fully saturated rings. The summed E-state index contributed by atoms with van der Waals surface area (Å²) in [6.45, 7) is 9.17. The molecule has 230 valence electrons. The molecule has 0 unspecified atom stereocenters. The molecule has 43 heavy (non-hydrogen) atoms. The van der Waals surface area contributed by atoms with E-state index in [1.54, 1.807) is 35.1 Å². The van der Waals surface area contributed by atoms with E-state index in [0.717, 1.165) is 27.7 Å². The van der Waals surface area contributed by atoms with Gasteiger partial charge in [-0.15, -0.1) is 11.3 Å². The molecule has 0 bridgehead atoms. The Kier molecular flexibility index (Phi) is 8.60. The maximum Gasteiger partial charge on any atom is 0.405 e. The second-order valence-corrected chi connectivity index (χ2v) is 13.9. The van der Waals surface area contributed by atoms with Crippen molar-refractivity contribution in [1.82, 2.24) is 25.2 Å². The van der Waals surface area contributed by atoms with Crippen LogP contribution >= 0.6 is 34.5 Å². The van der Waals surface area contributed by atoms with Crippen LogP contribution in [0, 0.1) is 12.3 Å². The number of carbonyl (C=O) groups is 1. The number of carbonyl (C=O) groups excluding carboxylic acids is 1. The number of imidazole rings is 1. The standard InChI is InChI=1S/C29H32Cl2F3N7OS/c1-15-37-20-11-41(12-23(20)43-15)21-9-22-19(8-17(21)26(42)36-14-29(32,33)34)38-27(40(22)5)39-25-18(30)7-6-16(24(25)31)10-35-13-28(2,3)4/h6-9,35H,10-14H2,1-5H3,(H,36,42)(H,38,39). The van der Waals surface area contributed by atoms with Gasteiger partial charge in [0.2, 0.25) is 5.95 Å². The Morgan fingerprint density at radius 3 is 2.51 bits per heavy atom. The molecule has 3 N–H and O–H groups in total. The van der Waals surface area contributed by atoms with E-state index >= 15 is 0 Å². The zero-order valence-corrected chi connectivity index (χ0v) is 26.7. The number of benzene rings is 2. The van der Waals surface area contributed by atoms with Crippen molar-refractivity contribution in [2.75, 3.05) is 23.3 Å². The molecule has 0 radical (unpaired) electrons. The van der Waals surface area contributed by atoms with Gasteiger partial charge in [-0.1, -0.05) is 50.0 Å². The summed E-state index contributed by atoms with van der Waals surface area (Å²) in [4.78, 5) is 25.3. The number of halogens is 5. The lowest BCUT2D eigenvalue weighted by Crippen LogP contribution is -2.34. The lowest BCUT2D eigenvalue weighted by molar-refractivity contribution is -0.123. The van der Waals surface area contributed by atoms with Crippen molar-refractivity contribution in [3.05, 3.63) is 61.0 Å². The minimum absolute atomic E-state index is 0.0938. The zero-order chi connectivity index (χ0) is 31.3. The first-order valence-corrected chi connectivity index (χ1v) is 15.2. The predicted molar refractivity (Wildman–Crippen MR) is 167 cm³/mol. The number of nitrogens with zero attached hydrogens (tertiary/aromatic N) is 4. The third-order valence-electron chi connectivity index (χ3n) is 6.97. The summed E-state index contributed by atoms with van der Waals surface area (Å²) >= 11 is 14.9. The molecule has 1 aliphatic heterocycles. The number of alkyl halides is 3. The Labute approximate surface area is 261 Å². The summed E-state index contributed by atoms with van der Waals surface area (Å²) in [6, 6.07) is 6.91.